The standard InChI is InChI=1S/C9H13ClN4/c10-5-8-11-12-13-14(8)6-9(3-4-9)7-1-2-7/h7H,1-6H2. The second-order valence-corrected chi connectivity index (χ2v) is 4.79. The number of tetrazole rings is 1. The van der Waals surface area contributed by atoms with Crippen molar-refractivity contribution in [3.05, 3.63) is 5.82 Å². The van der Waals surface area contributed by atoms with Crippen molar-refractivity contribution >= 4 is 11.6 Å². The Labute approximate surface area is 87.6 Å². The molecule has 3 rings (SSSR count). The van der Waals surface area contributed by atoms with E-state index >= 15 is 0 Å². The molecule has 0 spiro atoms. The maximum Gasteiger partial charge on any atom is 0.166 e. The first-order valence-electron chi connectivity index (χ1n) is 5.15. The Morgan fingerprint density at radius 1 is 1.43 bits per heavy atom. The highest BCUT2D eigenvalue weighted by Crippen LogP contribution is 2.62. The Bertz CT molecular complexity index is 340. The van der Waals surface area contributed by atoms with Crippen LogP contribution in [0, 0.1) is 11.3 Å². The second kappa shape index (κ2) is 2.92. The summed E-state index contributed by atoms with van der Waals surface area (Å²) in [6.45, 7) is 0.979. The van der Waals surface area contributed by atoms with Crippen molar-refractivity contribution in [2.24, 2.45) is 11.3 Å². The van der Waals surface area contributed by atoms with Gasteiger partial charge in [-0.05, 0) is 47.4 Å². The van der Waals surface area contributed by atoms with Crippen LogP contribution in [0.15, 0.2) is 0 Å². The van der Waals surface area contributed by atoms with E-state index in [2.05, 4.69) is 15.5 Å². The van der Waals surface area contributed by atoms with E-state index < -0.39 is 0 Å². The molecule has 0 atom stereocenters. The molecule has 0 amide bonds. The minimum Gasteiger partial charge on any atom is -0.228 e. The molecule has 1 aromatic rings. The van der Waals surface area contributed by atoms with Crippen LogP contribution in [-0.2, 0) is 12.4 Å². The Morgan fingerprint density at radius 2 is 2.21 bits per heavy atom. The molecule has 0 aliphatic heterocycles. The fourth-order valence-electron chi connectivity index (χ4n) is 2.29. The quantitative estimate of drug-likeness (QED) is 0.713. The Hall–Kier alpha value is -0.640. The zero-order valence-corrected chi connectivity index (χ0v) is 8.74. The van der Waals surface area contributed by atoms with Gasteiger partial charge < -0.3 is 0 Å². The third-order valence-corrected chi connectivity index (χ3v) is 3.76. The van der Waals surface area contributed by atoms with Crippen LogP contribution in [0.4, 0.5) is 0 Å². The van der Waals surface area contributed by atoms with Gasteiger partial charge in [-0.25, -0.2) is 4.68 Å². The summed E-state index contributed by atoms with van der Waals surface area (Å²) >= 11 is 5.75. The summed E-state index contributed by atoms with van der Waals surface area (Å²) in [5.74, 6) is 2.15. The van der Waals surface area contributed by atoms with E-state index in [4.69, 9.17) is 11.6 Å². The number of alkyl halides is 1. The van der Waals surface area contributed by atoms with Crippen molar-refractivity contribution in [3.63, 3.8) is 0 Å². The van der Waals surface area contributed by atoms with Crippen LogP contribution >= 0.6 is 11.6 Å². The van der Waals surface area contributed by atoms with Gasteiger partial charge in [-0.2, -0.15) is 0 Å². The summed E-state index contributed by atoms with van der Waals surface area (Å²) in [5, 5.41) is 11.6. The molecule has 4 nitrogen and oxygen atoms in total. The molecule has 0 unspecified atom stereocenters. The first kappa shape index (κ1) is 8.65. The minimum atomic E-state index is 0.410. The molecule has 1 heterocycles. The summed E-state index contributed by atoms with van der Waals surface area (Å²) in [5.41, 5.74) is 0.538. The van der Waals surface area contributed by atoms with Gasteiger partial charge >= 0.3 is 0 Å². The van der Waals surface area contributed by atoms with Crippen LogP contribution < -0.4 is 0 Å². The Kier molecular flexibility index (Phi) is 1.81. The van der Waals surface area contributed by atoms with E-state index in [1.165, 1.54) is 25.7 Å². The zero-order valence-electron chi connectivity index (χ0n) is 7.99. The molecule has 1 aromatic heterocycles. The van der Waals surface area contributed by atoms with Gasteiger partial charge in [0, 0.05) is 0 Å². The number of rotatable bonds is 4. The monoisotopic (exact) mass is 212 g/mol. The fourth-order valence-corrected chi connectivity index (χ4v) is 2.48. The lowest BCUT2D eigenvalue weighted by molar-refractivity contribution is 0.341. The highest BCUT2D eigenvalue weighted by molar-refractivity contribution is 6.16. The lowest BCUT2D eigenvalue weighted by Crippen LogP contribution is -2.16. The smallest absolute Gasteiger partial charge is 0.166 e. The predicted octanol–water partition coefficient (Wildman–Crippen LogP) is 1.60. The number of halogens is 1. The van der Waals surface area contributed by atoms with Crippen LogP contribution in [0.3, 0.4) is 0 Å². The summed E-state index contributed by atoms with van der Waals surface area (Å²) in [7, 11) is 0. The molecular formula is C9H13ClN4. The lowest BCUT2D eigenvalue weighted by Gasteiger charge is -2.13. The van der Waals surface area contributed by atoms with Crippen LogP contribution in [0.1, 0.15) is 31.5 Å². The predicted molar refractivity (Wildman–Crippen MR) is 51.8 cm³/mol. The van der Waals surface area contributed by atoms with Crippen molar-refractivity contribution in [2.75, 3.05) is 0 Å². The average molecular weight is 213 g/mol. The number of hydrogen-bond donors (Lipinski definition) is 0. The molecule has 0 aromatic carbocycles. The second-order valence-electron chi connectivity index (χ2n) is 4.52. The lowest BCUT2D eigenvalue weighted by atomic mass is 10.0. The Balaban J connectivity index is 1.77. The van der Waals surface area contributed by atoms with E-state index in [1.54, 1.807) is 0 Å². The molecule has 2 aliphatic carbocycles. The van der Waals surface area contributed by atoms with E-state index in [-0.39, 0.29) is 0 Å². The van der Waals surface area contributed by atoms with E-state index in [0.29, 0.717) is 11.3 Å². The molecule has 14 heavy (non-hydrogen) atoms. The van der Waals surface area contributed by atoms with Crippen LogP contribution in [0.5, 0.6) is 0 Å². The number of aromatic nitrogens is 4. The van der Waals surface area contributed by atoms with Gasteiger partial charge in [-0.1, -0.05) is 0 Å². The molecule has 76 valence electrons. The summed E-state index contributed by atoms with van der Waals surface area (Å²) in [6, 6.07) is 0. The zero-order chi connectivity index (χ0) is 9.60. The van der Waals surface area contributed by atoms with Crippen molar-refractivity contribution in [1.82, 2.24) is 20.2 Å². The molecule has 0 radical (unpaired) electrons. The van der Waals surface area contributed by atoms with Crippen LogP contribution in [0.2, 0.25) is 0 Å². The van der Waals surface area contributed by atoms with Gasteiger partial charge in [0.25, 0.3) is 0 Å². The molecule has 2 fully saturated rings. The molecule has 0 saturated heterocycles. The van der Waals surface area contributed by atoms with Crippen LogP contribution in [-0.4, -0.2) is 20.2 Å². The molecule has 5 heteroatoms. The topological polar surface area (TPSA) is 43.6 Å². The van der Waals surface area contributed by atoms with Gasteiger partial charge in [0.15, 0.2) is 5.82 Å². The van der Waals surface area contributed by atoms with Crippen molar-refractivity contribution < 1.29 is 0 Å². The van der Waals surface area contributed by atoms with Gasteiger partial charge in [-0.15, -0.1) is 16.7 Å². The first-order valence-corrected chi connectivity index (χ1v) is 5.68. The van der Waals surface area contributed by atoms with E-state index in [0.717, 1.165) is 18.3 Å². The van der Waals surface area contributed by atoms with Crippen LogP contribution in [0.25, 0.3) is 0 Å². The fraction of sp³-hybridized carbons (Fsp3) is 0.889. The highest BCUT2D eigenvalue weighted by atomic mass is 35.5. The normalized spacial score (nSPS) is 23.8. The molecular weight excluding hydrogens is 200 g/mol. The van der Waals surface area contributed by atoms with Crippen molar-refractivity contribution in [3.8, 4) is 0 Å². The highest BCUT2D eigenvalue weighted by Gasteiger charge is 2.54. The minimum absolute atomic E-state index is 0.410. The Morgan fingerprint density at radius 3 is 2.79 bits per heavy atom. The number of nitrogens with zero attached hydrogens (tertiary/aromatic N) is 4. The first-order chi connectivity index (χ1) is 6.84. The summed E-state index contributed by atoms with van der Waals surface area (Å²) in [4.78, 5) is 0. The van der Waals surface area contributed by atoms with Gasteiger partial charge in [0.05, 0.1) is 12.4 Å². The average Bonchev–Trinajstić information content (AvgIpc) is 3.04. The molecule has 2 aliphatic rings. The van der Waals surface area contributed by atoms with Gasteiger partial charge in [0.2, 0.25) is 0 Å². The van der Waals surface area contributed by atoms with E-state index in [1.807, 2.05) is 4.68 Å². The summed E-state index contributed by atoms with van der Waals surface area (Å²) < 4.78 is 1.89. The van der Waals surface area contributed by atoms with Crippen molar-refractivity contribution in [2.45, 2.75) is 38.1 Å². The van der Waals surface area contributed by atoms with Crippen molar-refractivity contribution in [1.29, 1.82) is 0 Å². The molecule has 0 bridgehead atoms. The summed E-state index contributed by atoms with van der Waals surface area (Å²) in [6.07, 6.45) is 5.50. The SMILES string of the molecule is ClCc1nnnn1CC1(C2CC2)CC1. The maximum atomic E-state index is 5.75. The maximum absolute atomic E-state index is 5.75. The van der Waals surface area contributed by atoms with Gasteiger partial charge in [0.1, 0.15) is 0 Å². The third kappa shape index (κ3) is 1.32. The van der Waals surface area contributed by atoms with E-state index in [9.17, 15) is 0 Å². The molecule has 2 saturated carbocycles. The third-order valence-electron chi connectivity index (χ3n) is 3.53. The molecule has 0 N–H and O–H groups in total. The largest absolute Gasteiger partial charge is 0.228 e. The van der Waals surface area contributed by atoms with Gasteiger partial charge in [-0.3, -0.25) is 0 Å². The number of hydrogen-bond acceptors (Lipinski definition) is 3.